The Labute approximate surface area is 121 Å². The topological polar surface area (TPSA) is 64.9 Å². The van der Waals surface area contributed by atoms with Crippen LogP contribution >= 0.6 is 23.4 Å². The maximum atomic E-state index is 5.94. The van der Waals surface area contributed by atoms with E-state index in [9.17, 15) is 0 Å². The van der Waals surface area contributed by atoms with Gasteiger partial charge in [-0.25, -0.2) is 0 Å². The van der Waals surface area contributed by atoms with E-state index in [1.807, 2.05) is 6.07 Å². The van der Waals surface area contributed by atoms with Crippen molar-refractivity contribution < 1.29 is 4.52 Å². The molecule has 2 rings (SSSR count). The van der Waals surface area contributed by atoms with Crippen LogP contribution < -0.4 is 5.73 Å². The highest BCUT2D eigenvalue weighted by molar-refractivity contribution is 7.98. The summed E-state index contributed by atoms with van der Waals surface area (Å²) in [6, 6.07) is 5.41. The average molecular weight is 298 g/mol. The van der Waals surface area contributed by atoms with E-state index in [1.165, 1.54) is 0 Å². The summed E-state index contributed by atoms with van der Waals surface area (Å²) in [5, 5.41) is 4.62. The largest absolute Gasteiger partial charge is 0.398 e. The highest BCUT2D eigenvalue weighted by Gasteiger charge is 2.09. The van der Waals surface area contributed by atoms with Gasteiger partial charge in [-0.1, -0.05) is 30.6 Å². The Bertz CT molecular complexity index is 557. The first-order valence-electron chi connectivity index (χ1n) is 6.04. The van der Waals surface area contributed by atoms with Crippen molar-refractivity contribution in [2.75, 3.05) is 5.73 Å². The molecular weight excluding hydrogens is 282 g/mol. The number of halogens is 1. The minimum Gasteiger partial charge on any atom is -0.398 e. The molecule has 0 saturated heterocycles. The fourth-order valence-corrected chi connectivity index (χ4v) is 2.65. The standard InChI is InChI=1S/C13H16ClN3OS/c1-8(2)5-12-16-13(18-17-12)7-19-11-6-9(14)3-4-10(11)15/h3-4,6,8H,5,7,15H2,1-2H3. The third-order valence-corrected chi connectivity index (χ3v) is 3.72. The van der Waals surface area contributed by atoms with E-state index in [2.05, 4.69) is 24.0 Å². The molecule has 6 heteroatoms. The summed E-state index contributed by atoms with van der Waals surface area (Å²) in [5.41, 5.74) is 6.58. The Morgan fingerprint density at radius 3 is 2.95 bits per heavy atom. The zero-order valence-corrected chi connectivity index (χ0v) is 12.5. The summed E-state index contributed by atoms with van der Waals surface area (Å²) in [6.45, 7) is 4.24. The van der Waals surface area contributed by atoms with Crippen molar-refractivity contribution in [3.05, 3.63) is 34.9 Å². The molecule has 1 aromatic carbocycles. The van der Waals surface area contributed by atoms with E-state index < -0.39 is 0 Å². The highest BCUT2D eigenvalue weighted by Crippen LogP contribution is 2.30. The van der Waals surface area contributed by atoms with Gasteiger partial charge in [-0.3, -0.25) is 0 Å². The third-order valence-electron chi connectivity index (χ3n) is 2.43. The van der Waals surface area contributed by atoms with Crippen LogP contribution in [-0.2, 0) is 12.2 Å². The van der Waals surface area contributed by atoms with Crippen LogP contribution in [0.4, 0.5) is 5.69 Å². The van der Waals surface area contributed by atoms with Gasteiger partial charge < -0.3 is 10.3 Å². The maximum absolute atomic E-state index is 5.94. The maximum Gasteiger partial charge on any atom is 0.237 e. The number of thioether (sulfide) groups is 1. The SMILES string of the molecule is CC(C)Cc1noc(CSc2cc(Cl)ccc2N)n1. The van der Waals surface area contributed by atoms with Crippen LogP contribution in [0.25, 0.3) is 0 Å². The molecule has 0 bridgehead atoms. The number of aromatic nitrogens is 2. The zero-order chi connectivity index (χ0) is 13.8. The second-order valence-electron chi connectivity index (χ2n) is 4.67. The summed E-state index contributed by atoms with van der Waals surface area (Å²) in [5.74, 6) is 2.47. The molecule has 102 valence electrons. The monoisotopic (exact) mass is 297 g/mol. The Morgan fingerprint density at radius 1 is 1.42 bits per heavy atom. The Kier molecular flexibility index (Phi) is 4.71. The van der Waals surface area contributed by atoms with Gasteiger partial charge in [0.25, 0.3) is 0 Å². The lowest BCUT2D eigenvalue weighted by Crippen LogP contribution is -1.96. The molecule has 0 aliphatic heterocycles. The first-order chi connectivity index (χ1) is 9.04. The molecule has 0 unspecified atom stereocenters. The minimum atomic E-state index is 0.515. The van der Waals surface area contributed by atoms with E-state index in [0.29, 0.717) is 28.3 Å². The molecule has 0 aliphatic carbocycles. The summed E-state index contributed by atoms with van der Waals surface area (Å²) >= 11 is 7.48. The number of benzene rings is 1. The fourth-order valence-electron chi connectivity index (χ4n) is 1.57. The summed E-state index contributed by atoms with van der Waals surface area (Å²) < 4.78 is 5.20. The number of rotatable bonds is 5. The van der Waals surface area contributed by atoms with E-state index in [-0.39, 0.29) is 0 Å². The van der Waals surface area contributed by atoms with Gasteiger partial charge in [0.15, 0.2) is 5.82 Å². The predicted octanol–water partition coefficient (Wildman–Crippen LogP) is 3.80. The quantitative estimate of drug-likeness (QED) is 0.672. The number of hydrogen-bond acceptors (Lipinski definition) is 5. The fraction of sp³-hybridized carbons (Fsp3) is 0.385. The Balaban J connectivity index is 1.98. The van der Waals surface area contributed by atoms with E-state index in [1.54, 1.807) is 23.9 Å². The Morgan fingerprint density at radius 2 is 2.21 bits per heavy atom. The highest BCUT2D eigenvalue weighted by atomic mass is 35.5. The zero-order valence-electron chi connectivity index (χ0n) is 10.9. The van der Waals surface area contributed by atoms with Crippen molar-refractivity contribution in [2.24, 2.45) is 5.92 Å². The average Bonchev–Trinajstić information content (AvgIpc) is 2.77. The van der Waals surface area contributed by atoms with Crippen LogP contribution in [0.2, 0.25) is 5.02 Å². The van der Waals surface area contributed by atoms with Crippen molar-refractivity contribution in [3.63, 3.8) is 0 Å². The smallest absolute Gasteiger partial charge is 0.237 e. The van der Waals surface area contributed by atoms with Gasteiger partial charge >= 0.3 is 0 Å². The number of nitrogen functional groups attached to an aromatic ring is 1. The lowest BCUT2D eigenvalue weighted by molar-refractivity contribution is 0.382. The molecule has 2 N–H and O–H groups in total. The summed E-state index contributed by atoms with van der Waals surface area (Å²) in [4.78, 5) is 5.27. The first-order valence-corrected chi connectivity index (χ1v) is 7.40. The van der Waals surface area contributed by atoms with Crippen molar-refractivity contribution in [2.45, 2.75) is 30.9 Å². The van der Waals surface area contributed by atoms with E-state index in [0.717, 1.165) is 17.1 Å². The molecule has 1 aromatic heterocycles. The van der Waals surface area contributed by atoms with Gasteiger partial charge in [0.05, 0.1) is 5.75 Å². The van der Waals surface area contributed by atoms with Crippen LogP contribution in [0.3, 0.4) is 0 Å². The molecule has 0 amide bonds. The second kappa shape index (κ2) is 6.30. The molecule has 19 heavy (non-hydrogen) atoms. The van der Waals surface area contributed by atoms with Gasteiger partial charge in [-0.15, -0.1) is 11.8 Å². The molecule has 4 nitrogen and oxygen atoms in total. The first kappa shape index (κ1) is 14.2. The van der Waals surface area contributed by atoms with Crippen LogP contribution in [-0.4, -0.2) is 10.1 Å². The molecule has 0 aliphatic rings. The Hall–Kier alpha value is -1.20. The number of nitrogens with two attached hydrogens (primary N) is 1. The van der Waals surface area contributed by atoms with E-state index in [4.69, 9.17) is 21.9 Å². The predicted molar refractivity (Wildman–Crippen MR) is 78.3 cm³/mol. The van der Waals surface area contributed by atoms with Crippen LogP contribution in [0.5, 0.6) is 0 Å². The molecule has 1 heterocycles. The number of nitrogens with zero attached hydrogens (tertiary/aromatic N) is 2. The second-order valence-corrected chi connectivity index (χ2v) is 6.13. The van der Waals surface area contributed by atoms with Crippen LogP contribution in [0, 0.1) is 5.92 Å². The number of anilines is 1. The van der Waals surface area contributed by atoms with E-state index >= 15 is 0 Å². The van der Waals surface area contributed by atoms with Crippen molar-refractivity contribution in [1.29, 1.82) is 0 Å². The van der Waals surface area contributed by atoms with Gasteiger partial charge in [0.1, 0.15) is 0 Å². The lowest BCUT2D eigenvalue weighted by Gasteiger charge is -2.03. The van der Waals surface area contributed by atoms with Gasteiger partial charge in [-0.05, 0) is 24.1 Å². The van der Waals surface area contributed by atoms with Gasteiger partial charge in [-0.2, -0.15) is 4.98 Å². The normalized spacial score (nSPS) is 11.2. The third kappa shape index (κ3) is 4.14. The molecule has 2 aromatic rings. The van der Waals surface area contributed by atoms with Crippen LogP contribution in [0.1, 0.15) is 25.6 Å². The molecule has 0 spiro atoms. The number of hydrogen-bond donors (Lipinski definition) is 1. The summed E-state index contributed by atoms with van der Waals surface area (Å²) in [7, 11) is 0. The molecule has 0 fully saturated rings. The van der Waals surface area contributed by atoms with Crippen molar-refractivity contribution >= 4 is 29.1 Å². The summed E-state index contributed by atoms with van der Waals surface area (Å²) in [6.07, 6.45) is 0.827. The van der Waals surface area contributed by atoms with Crippen molar-refractivity contribution in [3.8, 4) is 0 Å². The lowest BCUT2D eigenvalue weighted by atomic mass is 10.1. The molecule has 0 radical (unpaired) electrons. The molecule has 0 atom stereocenters. The van der Waals surface area contributed by atoms with Gasteiger partial charge in [0, 0.05) is 22.0 Å². The molecular formula is C13H16ClN3OS. The van der Waals surface area contributed by atoms with Crippen LogP contribution in [0.15, 0.2) is 27.6 Å². The molecule has 0 saturated carbocycles. The minimum absolute atomic E-state index is 0.515. The van der Waals surface area contributed by atoms with Crippen molar-refractivity contribution in [1.82, 2.24) is 10.1 Å². The van der Waals surface area contributed by atoms with Gasteiger partial charge in [0.2, 0.25) is 5.89 Å².